The van der Waals surface area contributed by atoms with Crippen LogP contribution in [0.15, 0.2) is 48.5 Å². The van der Waals surface area contributed by atoms with E-state index in [4.69, 9.17) is 0 Å². The van der Waals surface area contributed by atoms with Crippen LogP contribution in [0.25, 0.3) is 6.08 Å². The highest BCUT2D eigenvalue weighted by atomic mass is 32.1. The van der Waals surface area contributed by atoms with E-state index in [1.54, 1.807) is 13.8 Å². The molecule has 0 aliphatic heterocycles. The van der Waals surface area contributed by atoms with Crippen LogP contribution >= 0.6 is 12.6 Å². The molecule has 0 aliphatic carbocycles. The van der Waals surface area contributed by atoms with Gasteiger partial charge >= 0.3 is 0 Å². The Morgan fingerprint density at radius 2 is 1.74 bits per heavy atom. The first-order valence-electron chi connectivity index (χ1n) is 11.8. The largest absolute Gasteiger partial charge is 0.392 e. The lowest BCUT2D eigenvalue weighted by Gasteiger charge is -2.27. The Bertz CT molecular complexity index is 946. The van der Waals surface area contributed by atoms with E-state index in [1.165, 1.54) is 5.56 Å². The summed E-state index contributed by atoms with van der Waals surface area (Å²) < 4.78 is 0. The average molecular weight is 487 g/mol. The third-order valence-electron chi connectivity index (χ3n) is 5.69. The number of amides is 1. The van der Waals surface area contributed by atoms with Crippen LogP contribution in [-0.4, -0.2) is 54.2 Å². The van der Waals surface area contributed by atoms with Crippen molar-refractivity contribution in [2.75, 3.05) is 36.1 Å². The minimum absolute atomic E-state index is 0.121. The van der Waals surface area contributed by atoms with Gasteiger partial charge in [0.05, 0.1) is 25.0 Å². The topological polar surface area (TPSA) is 89.4 Å². The Morgan fingerprint density at radius 1 is 1.12 bits per heavy atom. The van der Waals surface area contributed by atoms with Crippen LogP contribution in [0, 0.1) is 0 Å². The van der Waals surface area contributed by atoms with Crippen molar-refractivity contribution in [1.29, 1.82) is 0 Å². The number of nitrogens with zero attached hydrogens (tertiary/aromatic N) is 1. The molecule has 2 aromatic carbocycles. The molecule has 34 heavy (non-hydrogen) atoms. The van der Waals surface area contributed by atoms with Crippen LogP contribution in [0.4, 0.5) is 17.1 Å². The highest BCUT2D eigenvalue weighted by Gasteiger charge is 2.25. The minimum Gasteiger partial charge on any atom is -0.392 e. The zero-order valence-corrected chi connectivity index (χ0v) is 21.8. The maximum absolute atomic E-state index is 11.8. The summed E-state index contributed by atoms with van der Waals surface area (Å²) in [5.41, 5.74) is 5.05. The standard InChI is InChI=1S/C27H39N3O3S/c1-19(31)16-30(17-20(2)32)23-11-8-21(9-12-23)7-6-14-27(3,4)24-15-22(29-26(33)18-34)10-13-25(24)28-5/h6-13,15,19-20,28,31-32,34H,14,16-18H2,1-5H3,(H,29,33)/p+1/b7-6+. The van der Waals surface area contributed by atoms with Gasteiger partial charge in [-0.1, -0.05) is 38.1 Å². The van der Waals surface area contributed by atoms with E-state index in [2.05, 4.69) is 67.5 Å². The number of thiol groups is 1. The molecule has 0 saturated carbocycles. The number of carbonyl (C=O) groups is 1. The Labute approximate surface area is 209 Å². The number of hydrogen-bond acceptors (Lipinski definition) is 5. The first-order valence-corrected chi connectivity index (χ1v) is 12.4. The number of rotatable bonds is 12. The fourth-order valence-corrected chi connectivity index (χ4v) is 4.07. The molecule has 5 N–H and O–H groups in total. The summed E-state index contributed by atoms with van der Waals surface area (Å²) in [6, 6.07) is 14.2. The zero-order chi connectivity index (χ0) is 25.3. The Morgan fingerprint density at radius 3 is 2.26 bits per heavy atom. The molecular formula is C27H40N3O3S+. The lowest BCUT2D eigenvalue weighted by Crippen LogP contribution is -2.73. The molecule has 0 aromatic heterocycles. The maximum Gasteiger partial charge on any atom is 0.234 e. The third-order valence-corrected chi connectivity index (χ3v) is 5.97. The molecule has 6 nitrogen and oxygen atoms in total. The van der Waals surface area contributed by atoms with Gasteiger partial charge in [0.25, 0.3) is 0 Å². The van der Waals surface area contributed by atoms with Crippen molar-refractivity contribution in [3.05, 3.63) is 59.7 Å². The van der Waals surface area contributed by atoms with Gasteiger partial charge in [-0.05, 0) is 55.5 Å². The highest BCUT2D eigenvalue weighted by molar-refractivity contribution is 7.81. The van der Waals surface area contributed by atoms with Gasteiger partial charge < -0.3 is 25.7 Å². The second-order valence-corrected chi connectivity index (χ2v) is 9.80. The van der Waals surface area contributed by atoms with E-state index >= 15 is 0 Å². The van der Waals surface area contributed by atoms with Gasteiger partial charge in [-0.3, -0.25) is 4.79 Å². The summed E-state index contributed by atoms with van der Waals surface area (Å²) >= 11 is 4.04. The van der Waals surface area contributed by atoms with E-state index in [1.807, 2.05) is 36.2 Å². The summed E-state index contributed by atoms with van der Waals surface area (Å²) in [5.74, 6) is 0.0293. The number of aliphatic hydroxyl groups excluding tert-OH is 2. The summed E-state index contributed by atoms with van der Waals surface area (Å²) in [5, 5.41) is 24.6. The van der Waals surface area contributed by atoms with E-state index in [0.29, 0.717) is 13.1 Å². The van der Waals surface area contributed by atoms with Crippen LogP contribution in [0.1, 0.15) is 45.2 Å². The van der Waals surface area contributed by atoms with Crippen molar-refractivity contribution in [1.82, 2.24) is 0 Å². The normalized spacial score (nSPS) is 13.6. The fraction of sp³-hybridized carbons (Fsp3) is 0.444. The van der Waals surface area contributed by atoms with E-state index in [-0.39, 0.29) is 17.1 Å². The summed E-state index contributed by atoms with van der Waals surface area (Å²) in [6.07, 6.45) is 4.17. The molecule has 2 aromatic rings. The Balaban J connectivity index is 2.14. The van der Waals surface area contributed by atoms with Crippen LogP contribution in [0.3, 0.4) is 0 Å². The van der Waals surface area contributed by atoms with Gasteiger partial charge in [0.1, 0.15) is 5.69 Å². The molecule has 2 unspecified atom stereocenters. The maximum atomic E-state index is 11.8. The van der Waals surface area contributed by atoms with Gasteiger partial charge in [-0.25, -0.2) is 0 Å². The number of nitrogens with two attached hydrogens (primary N) is 1. The molecule has 0 heterocycles. The van der Waals surface area contributed by atoms with Crippen molar-refractivity contribution in [3.63, 3.8) is 0 Å². The van der Waals surface area contributed by atoms with Crippen LogP contribution < -0.4 is 15.5 Å². The molecule has 0 bridgehead atoms. The number of allylic oxidation sites excluding steroid dienone is 1. The van der Waals surface area contributed by atoms with Crippen LogP contribution in [0.5, 0.6) is 0 Å². The lowest BCUT2D eigenvalue weighted by molar-refractivity contribution is -0.540. The molecule has 0 aliphatic rings. The monoisotopic (exact) mass is 486 g/mol. The van der Waals surface area contributed by atoms with Crippen LogP contribution in [0.2, 0.25) is 0 Å². The number of aliphatic hydroxyl groups is 2. The molecule has 2 rings (SSSR count). The molecule has 186 valence electrons. The number of hydrogen-bond donors (Lipinski definition) is 5. The van der Waals surface area contributed by atoms with Gasteiger partial charge in [-0.2, -0.15) is 12.6 Å². The average Bonchev–Trinajstić information content (AvgIpc) is 2.78. The fourth-order valence-electron chi connectivity index (χ4n) is 3.99. The lowest BCUT2D eigenvalue weighted by atomic mass is 9.80. The molecule has 1 amide bonds. The molecule has 2 atom stereocenters. The molecule has 0 fully saturated rings. The molecule has 7 heteroatoms. The zero-order valence-electron chi connectivity index (χ0n) is 21.0. The number of quaternary nitrogens is 1. The summed E-state index contributed by atoms with van der Waals surface area (Å²) in [6.45, 7) is 8.85. The molecule has 0 radical (unpaired) electrons. The quantitative estimate of drug-likeness (QED) is 0.235. The second kappa shape index (κ2) is 13.0. The third kappa shape index (κ3) is 8.47. The van der Waals surface area contributed by atoms with Crippen molar-refractivity contribution < 1.29 is 20.3 Å². The van der Waals surface area contributed by atoms with E-state index in [0.717, 1.165) is 29.0 Å². The van der Waals surface area contributed by atoms with Gasteiger partial charge in [0.2, 0.25) is 5.91 Å². The smallest absolute Gasteiger partial charge is 0.234 e. The minimum atomic E-state index is -0.476. The number of carbonyl (C=O) groups excluding carboxylic acids is 1. The first kappa shape index (κ1) is 27.9. The molecule has 0 saturated heterocycles. The van der Waals surface area contributed by atoms with Crippen molar-refractivity contribution in [3.8, 4) is 0 Å². The number of anilines is 2. The van der Waals surface area contributed by atoms with E-state index in [9.17, 15) is 15.0 Å². The Hall–Kier alpha value is -2.32. The van der Waals surface area contributed by atoms with Crippen LogP contribution in [-0.2, 0) is 10.2 Å². The molecular weight excluding hydrogens is 446 g/mol. The van der Waals surface area contributed by atoms with Gasteiger partial charge in [0, 0.05) is 36.1 Å². The SMILES string of the molecule is C[NH2+]c1ccc(NC(=O)CS)cc1C(C)(C)C/C=C/c1ccc(N(CC(C)O)CC(C)O)cc1. The summed E-state index contributed by atoms with van der Waals surface area (Å²) in [7, 11) is 2.02. The number of nitrogens with one attached hydrogen (secondary N) is 1. The number of benzene rings is 2. The van der Waals surface area contributed by atoms with Gasteiger partial charge in [0.15, 0.2) is 0 Å². The summed E-state index contributed by atoms with van der Waals surface area (Å²) in [4.78, 5) is 13.8. The van der Waals surface area contributed by atoms with Crippen molar-refractivity contribution in [2.24, 2.45) is 0 Å². The van der Waals surface area contributed by atoms with Crippen molar-refractivity contribution >= 4 is 41.7 Å². The molecule has 0 spiro atoms. The Kier molecular flexibility index (Phi) is 10.6. The van der Waals surface area contributed by atoms with Crippen molar-refractivity contribution in [2.45, 2.75) is 51.7 Å². The van der Waals surface area contributed by atoms with Gasteiger partial charge in [-0.15, -0.1) is 0 Å². The predicted molar refractivity (Wildman–Crippen MR) is 145 cm³/mol. The first-order chi connectivity index (χ1) is 16.1. The van der Waals surface area contributed by atoms with E-state index < -0.39 is 12.2 Å². The highest BCUT2D eigenvalue weighted by Crippen LogP contribution is 2.33. The predicted octanol–water partition coefficient (Wildman–Crippen LogP) is 3.33. The second-order valence-electron chi connectivity index (χ2n) is 9.48.